The summed E-state index contributed by atoms with van der Waals surface area (Å²) in [5.74, 6) is -3.43. The van der Waals surface area contributed by atoms with Gasteiger partial charge in [-0.3, -0.25) is 4.79 Å². The lowest BCUT2D eigenvalue weighted by Crippen LogP contribution is -2.43. The number of rotatable bonds is 2. The van der Waals surface area contributed by atoms with E-state index >= 15 is 0 Å². The molecule has 1 amide bonds. The molecule has 1 aromatic carbocycles. The van der Waals surface area contributed by atoms with Gasteiger partial charge in [0, 0.05) is 25.9 Å². The predicted molar refractivity (Wildman–Crippen MR) is 93.3 cm³/mol. The normalized spacial score (nSPS) is 20.9. The fourth-order valence-corrected chi connectivity index (χ4v) is 3.63. The van der Waals surface area contributed by atoms with E-state index in [0.717, 1.165) is 31.5 Å². The molecule has 140 valence electrons. The van der Waals surface area contributed by atoms with Crippen molar-refractivity contribution in [2.45, 2.75) is 44.4 Å². The number of hydrogen-bond donors (Lipinski definition) is 1. The molecule has 0 aromatic heterocycles. The number of carbonyl (C=O) groups excluding carboxylic acids is 1. The number of alkyl halides is 2. The van der Waals surface area contributed by atoms with Crippen molar-refractivity contribution in [3.8, 4) is 0 Å². The Labute approximate surface area is 152 Å². The molecule has 3 nitrogen and oxygen atoms in total. The van der Waals surface area contributed by atoms with Crippen molar-refractivity contribution in [1.29, 1.82) is 0 Å². The van der Waals surface area contributed by atoms with Crippen molar-refractivity contribution < 1.29 is 18.0 Å². The number of aryl methyl sites for hydroxylation is 1. The van der Waals surface area contributed by atoms with Gasteiger partial charge in [-0.15, -0.1) is 12.4 Å². The highest BCUT2D eigenvalue weighted by atomic mass is 35.5. The SMILES string of the molecule is Cc1cc(C2CCNCC2)cc(F)c1C(=O)N1CCC(F)(F)CC1.Cl. The smallest absolute Gasteiger partial charge is 0.257 e. The molecular weight excluding hydrogens is 353 g/mol. The zero-order valence-electron chi connectivity index (χ0n) is 14.3. The molecule has 1 aromatic rings. The molecule has 25 heavy (non-hydrogen) atoms. The summed E-state index contributed by atoms with van der Waals surface area (Å²) in [7, 11) is 0. The first-order chi connectivity index (χ1) is 11.4. The molecule has 1 N–H and O–H groups in total. The number of halogens is 4. The van der Waals surface area contributed by atoms with Gasteiger partial charge in [-0.2, -0.15) is 0 Å². The van der Waals surface area contributed by atoms with Gasteiger partial charge < -0.3 is 10.2 Å². The summed E-state index contributed by atoms with van der Waals surface area (Å²) in [6, 6.07) is 3.33. The lowest BCUT2D eigenvalue weighted by Gasteiger charge is -2.32. The summed E-state index contributed by atoms with van der Waals surface area (Å²) in [5, 5.41) is 3.28. The van der Waals surface area contributed by atoms with E-state index in [-0.39, 0.29) is 43.9 Å². The molecule has 2 fully saturated rings. The standard InChI is InChI=1S/C18H23F3N2O.ClH/c1-12-10-14(13-2-6-22-7-3-13)11-15(19)16(12)17(24)23-8-4-18(20,21)5-9-23;/h10-11,13,22H,2-9H2,1H3;1H. The van der Waals surface area contributed by atoms with Gasteiger partial charge in [0.1, 0.15) is 5.82 Å². The Morgan fingerprint density at radius 2 is 1.80 bits per heavy atom. The Kier molecular flexibility index (Phi) is 6.38. The first-order valence-corrected chi connectivity index (χ1v) is 8.55. The van der Waals surface area contributed by atoms with Crippen LogP contribution in [0.4, 0.5) is 13.2 Å². The highest BCUT2D eigenvalue weighted by Gasteiger charge is 2.36. The van der Waals surface area contributed by atoms with Gasteiger partial charge in [-0.1, -0.05) is 6.07 Å². The summed E-state index contributed by atoms with van der Waals surface area (Å²) in [5.41, 5.74) is 1.54. The van der Waals surface area contributed by atoms with Crippen LogP contribution in [0.1, 0.15) is 53.1 Å². The van der Waals surface area contributed by atoms with Gasteiger partial charge in [0.2, 0.25) is 0 Å². The van der Waals surface area contributed by atoms with Gasteiger partial charge in [-0.25, -0.2) is 13.2 Å². The van der Waals surface area contributed by atoms with Crippen LogP contribution >= 0.6 is 12.4 Å². The summed E-state index contributed by atoms with van der Waals surface area (Å²) >= 11 is 0. The van der Waals surface area contributed by atoms with Crippen LogP contribution in [0.25, 0.3) is 0 Å². The van der Waals surface area contributed by atoms with Crippen LogP contribution in [0.5, 0.6) is 0 Å². The fraction of sp³-hybridized carbons (Fsp3) is 0.611. The van der Waals surface area contributed by atoms with Crippen LogP contribution in [-0.2, 0) is 0 Å². The molecule has 2 aliphatic rings. The Hall–Kier alpha value is -1.27. The third-order valence-electron chi connectivity index (χ3n) is 5.12. The van der Waals surface area contributed by atoms with Crippen molar-refractivity contribution in [3.05, 3.63) is 34.6 Å². The lowest BCUT2D eigenvalue weighted by molar-refractivity contribution is -0.0494. The zero-order chi connectivity index (χ0) is 17.3. The number of amides is 1. The lowest BCUT2D eigenvalue weighted by atomic mass is 9.88. The highest BCUT2D eigenvalue weighted by molar-refractivity contribution is 5.96. The van der Waals surface area contributed by atoms with E-state index < -0.39 is 17.6 Å². The molecule has 2 aliphatic heterocycles. The van der Waals surface area contributed by atoms with E-state index in [1.165, 1.54) is 11.0 Å². The summed E-state index contributed by atoms with van der Waals surface area (Å²) in [6.45, 7) is 3.49. The molecular formula is C18H24ClF3N2O. The van der Waals surface area contributed by atoms with E-state index in [4.69, 9.17) is 0 Å². The average Bonchev–Trinajstić information content (AvgIpc) is 2.54. The van der Waals surface area contributed by atoms with Crippen molar-refractivity contribution >= 4 is 18.3 Å². The van der Waals surface area contributed by atoms with Crippen LogP contribution < -0.4 is 5.32 Å². The van der Waals surface area contributed by atoms with Gasteiger partial charge >= 0.3 is 0 Å². The number of hydrogen-bond acceptors (Lipinski definition) is 2. The number of piperidine rings is 2. The van der Waals surface area contributed by atoms with Crippen LogP contribution in [0.15, 0.2) is 12.1 Å². The Balaban J connectivity index is 0.00000225. The third kappa shape index (κ3) is 4.47. The quantitative estimate of drug-likeness (QED) is 0.849. The van der Waals surface area contributed by atoms with Crippen molar-refractivity contribution in [2.75, 3.05) is 26.2 Å². The second kappa shape index (κ2) is 7.96. The molecule has 3 rings (SSSR count). The van der Waals surface area contributed by atoms with Gasteiger partial charge in [-0.05, 0) is 56.0 Å². The molecule has 0 saturated carbocycles. The maximum absolute atomic E-state index is 14.6. The molecule has 0 unspecified atom stereocenters. The number of nitrogens with zero attached hydrogens (tertiary/aromatic N) is 1. The third-order valence-corrected chi connectivity index (χ3v) is 5.12. The van der Waals surface area contributed by atoms with E-state index in [0.29, 0.717) is 11.5 Å². The van der Waals surface area contributed by atoms with Crippen LogP contribution in [-0.4, -0.2) is 42.9 Å². The predicted octanol–water partition coefficient (Wildman–Crippen LogP) is 3.89. The zero-order valence-corrected chi connectivity index (χ0v) is 15.1. The topological polar surface area (TPSA) is 32.3 Å². The maximum Gasteiger partial charge on any atom is 0.257 e. The van der Waals surface area contributed by atoms with Crippen LogP contribution in [0, 0.1) is 12.7 Å². The van der Waals surface area contributed by atoms with E-state index in [2.05, 4.69) is 5.32 Å². The molecule has 0 radical (unpaired) electrons. The molecule has 2 saturated heterocycles. The van der Waals surface area contributed by atoms with Crippen molar-refractivity contribution in [1.82, 2.24) is 10.2 Å². The minimum atomic E-state index is -2.72. The molecule has 0 aliphatic carbocycles. The summed E-state index contributed by atoms with van der Waals surface area (Å²) < 4.78 is 41.1. The van der Waals surface area contributed by atoms with E-state index in [1.807, 2.05) is 6.07 Å². The van der Waals surface area contributed by atoms with Crippen molar-refractivity contribution in [2.24, 2.45) is 0 Å². The average molecular weight is 377 g/mol. The molecule has 0 spiro atoms. The highest BCUT2D eigenvalue weighted by Crippen LogP contribution is 2.31. The first kappa shape index (κ1) is 20.0. The fourth-order valence-electron chi connectivity index (χ4n) is 3.63. The van der Waals surface area contributed by atoms with E-state index in [9.17, 15) is 18.0 Å². The van der Waals surface area contributed by atoms with E-state index in [1.54, 1.807) is 6.92 Å². The number of nitrogens with one attached hydrogen (secondary N) is 1. The Morgan fingerprint density at radius 3 is 2.36 bits per heavy atom. The summed E-state index contributed by atoms with van der Waals surface area (Å²) in [6.07, 6.45) is 1.19. The first-order valence-electron chi connectivity index (χ1n) is 8.55. The second-order valence-electron chi connectivity index (χ2n) is 6.87. The maximum atomic E-state index is 14.6. The largest absolute Gasteiger partial charge is 0.338 e. The number of benzene rings is 1. The Bertz CT molecular complexity index is 600. The minimum Gasteiger partial charge on any atom is -0.338 e. The van der Waals surface area contributed by atoms with Crippen LogP contribution in [0.2, 0.25) is 0 Å². The Morgan fingerprint density at radius 1 is 1.20 bits per heavy atom. The molecule has 2 heterocycles. The molecule has 0 atom stereocenters. The van der Waals surface area contributed by atoms with Gasteiger partial charge in [0.15, 0.2) is 0 Å². The van der Waals surface area contributed by atoms with Crippen LogP contribution in [0.3, 0.4) is 0 Å². The van der Waals surface area contributed by atoms with Gasteiger partial charge in [0.25, 0.3) is 11.8 Å². The minimum absolute atomic E-state index is 0. The number of likely N-dealkylation sites (tertiary alicyclic amines) is 1. The molecule has 7 heteroatoms. The number of carbonyl (C=O) groups is 1. The van der Waals surface area contributed by atoms with Gasteiger partial charge in [0.05, 0.1) is 5.56 Å². The monoisotopic (exact) mass is 376 g/mol. The molecule has 0 bridgehead atoms. The second-order valence-corrected chi connectivity index (χ2v) is 6.87. The summed E-state index contributed by atoms with van der Waals surface area (Å²) in [4.78, 5) is 13.9. The van der Waals surface area contributed by atoms with Crippen molar-refractivity contribution in [3.63, 3.8) is 0 Å².